The third-order valence-electron chi connectivity index (χ3n) is 3.39. The zero-order valence-corrected chi connectivity index (χ0v) is 13.9. The standard InChI is InChI=1S/C18H15N3O2S/c1-13-5-7-17(24-13)16-6-8-18(22)21(20-16)9-10-23-15-4-2-3-14(11-15)12-19/h2-8,11H,9-10H2,1H3. The molecule has 0 saturated heterocycles. The molecule has 1 aromatic carbocycles. The zero-order valence-electron chi connectivity index (χ0n) is 13.1. The summed E-state index contributed by atoms with van der Waals surface area (Å²) in [4.78, 5) is 14.2. The van der Waals surface area contributed by atoms with E-state index in [9.17, 15) is 4.79 Å². The number of aryl methyl sites for hydroxylation is 1. The van der Waals surface area contributed by atoms with Crippen LogP contribution in [-0.2, 0) is 6.54 Å². The van der Waals surface area contributed by atoms with Crippen molar-refractivity contribution in [2.75, 3.05) is 6.61 Å². The largest absolute Gasteiger partial charge is 0.492 e. The molecule has 0 aliphatic carbocycles. The third kappa shape index (κ3) is 3.70. The molecule has 0 fully saturated rings. The summed E-state index contributed by atoms with van der Waals surface area (Å²) in [6.07, 6.45) is 0. The van der Waals surface area contributed by atoms with Crippen molar-refractivity contribution in [3.63, 3.8) is 0 Å². The van der Waals surface area contributed by atoms with E-state index in [1.54, 1.807) is 41.7 Å². The molecular weight excluding hydrogens is 322 g/mol. The molecule has 0 atom stereocenters. The molecule has 24 heavy (non-hydrogen) atoms. The molecule has 0 saturated carbocycles. The Kier molecular flexibility index (Phi) is 4.73. The molecule has 6 heteroatoms. The minimum atomic E-state index is -0.165. The first-order valence-electron chi connectivity index (χ1n) is 7.43. The van der Waals surface area contributed by atoms with Crippen molar-refractivity contribution in [3.8, 4) is 22.4 Å². The van der Waals surface area contributed by atoms with Gasteiger partial charge in [0.1, 0.15) is 18.1 Å². The first-order chi connectivity index (χ1) is 11.7. The van der Waals surface area contributed by atoms with Gasteiger partial charge in [0.05, 0.1) is 23.1 Å². The van der Waals surface area contributed by atoms with E-state index in [0.29, 0.717) is 24.5 Å². The SMILES string of the molecule is Cc1ccc(-c2ccc(=O)n(CCOc3cccc(C#N)c3)n2)s1. The molecule has 120 valence electrons. The Labute approximate surface area is 143 Å². The van der Waals surface area contributed by atoms with Gasteiger partial charge in [-0.25, -0.2) is 4.68 Å². The van der Waals surface area contributed by atoms with Crippen LogP contribution in [0.5, 0.6) is 5.75 Å². The average molecular weight is 337 g/mol. The van der Waals surface area contributed by atoms with E-state index in [2.05, 4.69) is 11.2 Å². The van der Waals surface area contributed by atoms with E-state index in [1.807, 2.05) is 19.1 Å². The quantitative estimate of drug-likeness (QED) is 0.717. The maximum atomic E-state index is 12.0. The Morgan fingerprint density at radius 2 is 2.12 bits per heavy atom. The number of thiophene rings is 1. The normalized spacial score (nSPS) is 10.3. The summed E-state index contributed by atoms with van der Waals surface area (Å²) < 4.78 is 7.01. The number of nitrogens with zero attached hydrogens (tertiary/aromatic N) is 3. The molecule has 3 rings (SSSR count). The van der Waals surface area contributed by atoms with Gasteiger partial charge in [-0.15, -0.1) is 11.3 Å². The number of rotatable bonds is 5. The van der Waals surface area contributed by atoms with Crippen molar-refractivity contribution < 1.29 is 4.74 Å². The second-order valence-electron chi connectivity index (χ2n) is 5.18. The van der Waals surface area contributed by atoms with Crippen molar-refractivity contribution in [2.45, 2.75) is 13.5 Å². The van der Waals surface area contributed by atoms with Crippen LogP contribution in [0.15, 0.2) is 53.3 Å². The fraction of sp³-hybridized carbons (Fsp3) is 0.167. The second kappa shape index (κ2) is 7.11. The molecule has 0 spiro atoms. The van der Waals surface area contributed by atoms with Gasteiger partial charge in [-0.05, 0) is 43.3 Å². The predicted molar refractivity (Wildman–Crippen MR) is 93.2 cm³/mol. The summed E-state index contributed by atoms with van der Waals surface area (Å²) in [5.74, 6) is 0.604. The molecule has 0 bridgehead atoms. The van der Waals surface area contributed by atoms with Crippen molar-refractivity contribution in [3.05, 3.63) is 69.3 Å². The number of aromatic nitrogens is 2. The Bertz CT molecular complexity index is 953. The van der Waals surface area contributed by atoms with Crippen molar-refractivity contribution >= 4 is 11.3 Å². The van der Waals surface area contributed by atoms with Gasteiger partial charge in [0.15, 0.2) is 0 Å². The van der Waals surface area contributed by atoms with Crippen LogP contribution in [0.4, 0.5) is 0 Å². The van der Waals surface area contributed by atoms with Gasteiger partial charge in [-0.1, -0.05) is 6.07 Å². The van der Waals surface area contributed by atoms with Gasteiger partial charge in [-0.3, -0.25) is 4.79 Å². The highest BCUT2D eigenvalue weighted by Gasteiger charge is 2.06. The number of benzene rings is 1. The highest BCUT2D eigenvalue weighted by atomic mass is 32.1. The summed E-state index contributed by atoms with van der Waals surface area (Å²) in [7, 11) is 0. The van der Waals surface area contributed by atoms with Crippen LogP contribution < -0.4 is 10.3 Å². The Hall–Kier alpha value is -2.91. The lowest BCUT2D eigenvalue weighted by molar-refractivity contribution is 0.288. The molecule has 0 radical (unpaired) electrons. The first kappa shape index (κ1) is 16.0. The Morgan fingerprint density at radius 3 is 2.88 bits per heavy atom. The molecule has 0 aliphatic rings. The number of hydrogen-bond donors (Lipinski definition) is 0. The highest BCUT2D eigenvalue weighted by Crippen LogP contribution is 2.24. The van der Waals surface area contributed by atoms with Gasteiger partial charge in [0, 0.05) is 10.9 Å². The van der Waals surface area contributed by atoms with Crippen LogP contribution in [0.25, 0.3) is 10.6 Å². The fourth-order valence-electron chi connectivity index (χ4n) is 2.22. The second-order valence-corrected chi connectivity index (χ2v) is 6.47. The minimum absolute atomic E-state index is 0.165. The highest BCUT2D eigenvalue weighted by molar-refractivity contribution is 7.15. The zero-order chi connectivity index (χ0) is 16.9. The van der Waals surface area contributed by atoms with Gasteiger partial charge in [0.2, 0.25) is 0 Å². The van der Waals surface area contributed by atoms with Gasteiger partial charge in [-0.2, -0.15) is 10.4 Å². The van der Waals surface area contributed by atoms with Crippen LogP contribution in [0.2, 0.25) is 0 Å². The monoisotopic (exact) mass is 337 g/mol. The van der Waals surface area contributed by atoms with Crippen molar-refractivity contribution in [2.24, 2.45) is 0 Å². The molecular formula is C18H15N3O2S. The molecule has 3 aromatic rings. The summed E-state index contributed by atoms with van der Waals surface area (Å²) in [5.41, 5.74) is 1.15. The Balaban J connectivity index is 1.71. The van der Waals surface area contributed by atoms with E-state index in [0.717, 1.165) is 10.6 Å². The van der Waals surface area contributed by atoms with Gasteiger partial charge >= 0.3 is 0 Å². The van der Waals surface area contributed by atoms with E-state index in [4.69, 9.17) is 10.00 Å². The van der Waals surface area contributed by atoms with Gasteiger partial charge in [0.25, 0.3) is 5.56 Å². The molecule has 0 unspecified atom stereocenters. The lowest BCUT2D eigenvalue weighted by atomic mass is 10.2. The number of nitriles is 1. The number of ether oxygens (including phenoxy) is 1. The van der Waals surface area contributed by atoms with E-state index >= 15 is 0 Å². The molecule has 0 amide bonds. The Morgan fingerprint density at radius 1 is 1.25 bits per heavy atom. The van der Waals surface area contributed by atoms with Crippen molar-refractivity contribution in [1.29, 1.82) is 5.26 Å². The first-order valence-corrected chi connectivity index (χ1v) is 8.25. The van der Waals surface area contributed by atoms with Crippen LogP contribution in [0.1, 0.15) is 10.4 Å². The van der Waals surface area contributed by atoms with Crippen LogP contribution in [-0.4, -0.2) is 16.4 Å². The molecule has 2 aromatic heterocycles. The topological polar surface area (TPSA) is 67.9 Å². The van der Waals surface area contributed by atoms with Gasteiger partial charge < -0.3 is 4.74 Å². The lowest BCUT2D eigenvalue weighted by Gasteiger charge is -2.08. The van der Waals surface area contributed by atoms with Crippen molar-refractivity contribution in [1.82, 2.24) is 9.78 Å². The maximum Gasteiger partial charge on any atom is 0.266 e. The van der Waals surface area contributed by atoms with E-state index in [1.165, 1.54) is 15.6 Å². The lowest BCUT2D eigenvalue weighted by Crippen LogP contribution is -2.25. The summed E-state index contributed by atoms with van der Waals surface area (Å²) >= 11 is 1.64. The fourth-order valence-corrected chi connectivity index (χ4v) is 3.05. The molecule has 0 aliphatic heterocycles. The molecule has 5 nitrogen and oxygen atoms in total. The average Bonchev–Trinajstić information content (AvgIpc) is 3.03. The van der Waals surface area contributed by atoms with Crippen LogP contribution in [0, 0.1) is 18.3 Å². The predicted octanol–water partition coefficient (Wildman–Crippen LogP) is 3.23. The molecule has 2 heterocycles. The maximum absolute atomic E-state index is 12.0. The third-order valence-corrected chi connectivity index (χ3v) is 4.42. The summed E-state index contributed by atoms with van der Waals surface area (Å²) in [6.45, 7) is 2.68. The van der Waals surface area contributed by atoms with Crippen LogP contribution in [0.3, 0.4) is 0 Å². The van der Waals surface area contributed by atoms with E-state index < -0.39 is 0 Å². The minimum Gasteiger partial charge on any atom is -0.492 e. The smallest absolute Gasteiger partial charge is 0.266 e. The number of hydrogen-bond acceptors (Lipinski definition) is 5. The van der Waals surface area contributed by atoms with Crippen LogP contribution >= 0.6 is 11.3 Å². The van der Waals surface area contributed by atoms with E-state index in [-0.39, 0.29) is 5.56 Å². The summed E-state index contributed by atoms with van der Waals surface area (Å²) in [6, 6.07) is 16.3. The molecule has 0 N–H and O–H groups in total. The summed E-state index contributed by atoms with van der Waals surface area (Å²) in [5, 5.41) is 13.3.